The molecule has 0 unspecified atom stereocenters. The zero-order chi connectivity index (χ0) is 9.84. The quantitative estimate of drug-likeness (QED) is 0.745. The minimum Gasteiger partial charge on any atom is -0.319 e. The van der Waals surface area contributed by atoms with Crippen LogP contribution < -0.4 is 5.32 Å². The van der Waals surface area contributed by atoms with Crippen LogP contribution in [0, 0.1) is 0 Å². The molecule has 4 heteroatoms. The van der Waals surface area contributed by atoms with Gasteiger partial charge in [0, 0.05) is 25.9 Å². The molecule has 0 atom stereocenters. The molecule has 74 valence electrons. The summed E-state index contributed by atoms with van der Waals surface area (Å²) >= 11 is 0. The van der Waals surface area contributed by atoms with Crippen LogP contribution in [0.5, 0.6) is 0 Å². The number of nitrogens with one attached hydrogen (secondary N) is 1. The van der Waals surface area contributed by atoms with Crippen LogP contribution in [0.2, 0.25) is 0 Å². The molecule has 1 heterocycles. The second-order valence-corrected chi connectivity index (χ2v) is 3.52. The van der Waals surface area contributed by atoms with E-state index in [4.69, 9.17) is 0 Å². The molecule has 0 fully saturated rings. The molecule has 0 aliphatic carbocycles. The lowest BCUT2D eigenvalue weighted by molar-refractivity contribution is 0.661. The maximum absolute atomic E-state index is 4.46. The first kappa shape index (κ1) is 10.2. The Kier molecular flexibility index (Phi) is 3.42. The molecule has 1 aromatic rings. The van der Waals surface area contributed by atoms with Gasteiger partial charge in [0.1, 0.15) is 5.82 Å². The first-order valence-corrected chi connectivity index (χ1v) is 4.69. The Labute approximate surface area is 79.4 Å². The van der Waals surface area contributed by atoms with Crippen molar-refractivity contribution in [3.63, 3.8) is 0 Å². The number of likely N-dealkylation sites (N-methyl/N-ethyl adjacent to an activating group) is 1. The molecular weight excluding hydrogens is 164 g/mol. The van der Waals surface area contributed by atoms with E-state index in [9.17, 15) is 0 Å². The van der Waals surface area contributed by atoms with Gasteiger partial charge in [-0.1, -0.05) is 13.8 Å². The standard InChI is InChI=1S/C9H18N4/c1-7(2)9-11-8(5-6-10-3)13(4)12-9/h7,10H,5-6H2,1-4H3. The minimum absolute atomic E-state index is 0.412. The van der Waals surface area contributed by atoms with Crippen LogP contribution in [0.15, 0.2) is 0 Å². The summed E-state index contributed by atoms with van der Waals surface area (Å²) in [5, 5.41) is 7.44. The Morgan fingerprint density at radius 3 is 2.62 bits per heavy atom. The zero-order valence-electron chi connectivity index (χ0n) is 8.83. The SMILES string of the molecule is CNCCc1nc(C(C)C)nn1C. The predicted octanol–water partition coefficient (Wildman–Crippen LogP) is 0.700. The highest BCUT2D eigenvalue weighted by molar-refractivity contribution is 4.97. The Hall–Kier alpha value is -0.900. The van der Waals surface area contributed by atoms with Gasteiger partial charge in [-0.25, -0.2) is 4.98 Å². The van der Waals surface area contributed by atoms with Crippen molar-refractivity contribution in [1.29, 1.82) is 0 Å². The number of rotatable bonds is 4. The van der Waals surface area contributed by atoms with Crippen LogP contribution >= 0.6 is 0 Å². The van der Waals surface area contributed by atoms with Gasteiger partial charge in [0.2, 0.25) is 0 Å². The fraction of sp³-hybridized carbons (Fsp3) is 0.778. The van der Waals surface area contributed by atoms with E-state index in [0.717, 1.165) is 24.6 Å². The van der Waals surface area contributed by atoms with Crippen LogP contribution in [0.3, 0.4) is 0 Å². The second-order valence-electron chi connectivity index (χ2n) is 3.52. The third-order valence-corrected chi connectivity index (χ3v) is 1.98. The van der Waals surface area contributed by atoms with Crippen molar-refractivity contribution in [1.82, 2.24) is 20.1 Å². The van der Waals surface area contributed by atoms with Gasteiger partial charge in [-0.15, -0.1) is 0 Å². The van der Waals surface area contributed by atoms with Crippen molar-refractivity contribution in [3.05, 3.63) is 11.6 Å². The van der Waals surface area contributed by atoms with Crippen LogP contribution in [0.1, 0.15) is 31.4 Å². The van der Waals surface area contributed by atoms with Crippen LogP contribution in [0.4, 0.5) is 0 Å². The second kappa shape index (κ2) is 4.37. The normalized spacial score (nSPS) is 11.2. The van der Waals surface area contributed by atoms with E-state index in [1.807, 2.05) is 18.8 Å². The summed E-state index contributed by atoms with van der Waals surface area (Å²) in [5.41, 5.74) is 0. The topological polar surface area (TPSA) is 42.7 Å². The van der Waals surface area contributed by atoms with Crippen molar-refractivity contribution in [3.8, 4) is 0 Å². The highest BCUT2D eigenvalue weighted by Crippen LogP contribution is 2.09. The number of aryl methyl sites for hydroxylation is 1. The molecule has 0 bridgehead atoms. The largest absolute Gasteiger partial charge is 0.319 e. The van der Waals surface area contributed by atoms with Gasteiger partial charge < -0.3 is 5.32 Å². The average Bonchev–Trinajstić information content (AvgIpc) is 2.44. The summed E-state index contributed by atoms with van der Waals surface area (Å²) in [6.07, 6.45) is 0.937. The first-order valence-electron chi connectivity index (χ1n) is 4.69. The van der Waals surface area contributed by atoms with Crippen LogP contribution in [0.25, 0.3) is 0 Å². The lowest BCUT2D eigenvalue weighted by atomic mass is 10.2. The highest BCUT2D eigenvalue weighted by atomic mass is 15.3. The van der Waals surface area contributed by atoms with Crippen LogP contribution in [-0.2, 0) is 13.5 Å². The molecule has 1 N–H and O–H groups in total. The minimum atomic E-state index is 0.412. The summed E-state index contributed by atoms with van der Waals surface area (Å²) in [6, 6.07) is 0. The number of aromatic nitrogens is 3. The molecule has 0 aromatic carbocycles. The Balaban J connectivity index is 2.71. The molecule has 0 amide bonds. The molecule has 0 saturated carbocycles. The van der Waals surface area contributed by atoms with Crippen molar-refractivity contribution < 1.29 is 0 Å². The lowest BCUT2D eigenvalue weighted by Crippen LogP contribution is -2.13. The molecule has 0 saturated heterocycles. The maximum Gasteiger partial charge on any atom is 0.153 e. The maximum atomic E-state index is 4.46. The number of hydrogen-bond acceptors (Lipinski definition) is 3. The molecule has 0 spiro atoms. The van der Waals surface area contributed by atoms with Gasteiger partial charge in [-0.3, -0.25) is 4.68 Å². The predicted molar refractivity (Wildman–Crippen MR) is 52.7 cm³/mol. The molecule has 4 nitrogen and oxygen atoms in total. The molecule has 1 aromatic heterocycles. The fourth-order valence-corrected chi connectivity index (χ4v) is 1.14. The lowest BCUT2D eigenvalue weighted by Gasteiger charge is -1.97. The average molecular weight is 182 g/mol. The number of hydrogen-bond donors (Lipinski definition) is 1. The van der Waals surface area contributed by atoms with Gasteiger partial charge in [0.15, 0.2) is 5.82 Å². The van der Waals surface area contributed by atoms with Gasteiger partial charge in [0.25, 0.3) is 0 Å². The summed E-state index contributed by atoms with van der Waals surface area (Å²) < 4.78 is 1.87. The van der Waals surface area contributed by atoms with Gasteiger partial charge in [0.05, 0.1) is 0 Å². The Bertz CT molecular complexity index is 265. The third kappa shape index (κ3) is 2.52. The number of nitrogens with zero attached hydrogens (tertiary/aromatic N) is 3. The monoisotopic (exact) mass is 182 g/mol. The van der Waals surface area contributed by atoms with E-state index in [1.165, 1.54) is 0 Å². The van der Waals surface area contributed by atoms with Crippen molar-refractivity contribution >= 4 is 0 Å². The first-order chi connectivity index (χ1) is 6.15. The molecule has 13 heavy (non-hydrogen) atoms. The van der Waals surface area contributed by atoms with E-state index in [1.54, 1.807) is 0 Å². The van der Waals surface area contributed by atoms with Gasteiger partial charge in [-0.05, 0) is 7.05 Å². The Morgan fingerprint density at radius 2 is 2.15 bits per heavy atom. The Morgan fingerprint density at radius 1 is 1.46 bits per heavy atom. The zero-order valence-corrected chi connectivity index (χ0v) is 8.83. The van der Waals surface area contributed by atoms with E-state index >= 15 is 0 Å². The van der Waals surface area contributed by atoms with Crippen LogP contribution in [-0.4, -0.2) is 28.4 Å². The fourth-order valence-electron chi connectivity index (χ4n) is 1.14. The van der Waals surface area contributed by atoms with E-state index in [2.05, 4.69) is 29.2 Å². The molecule has 0 aliphatic heterocycles. The molecule has 0 radical (unpaired) electrons. The van der Waals surface area contributed by atoms with Crippen molar-refractivity contribution in [2.45, 2.75) is 26.2 Å². The van der Waals surface area contributed by atoms with Gasteiger partial charge >= 0.3 is 0 Å². The van der Waals surface area contributed by atoms with E-state index < -0.39 is 0 Å². The molecular formula is C9H18N4. The molecule has 1 rings (SSSR count). The summed E-state index contributed by atoms with van der Waals surface area (Å²) in [4.78, 5) is 4.46. The smallest absolute Gasteiger partial charge is 0.153 e. The summed E-state index contributed by atoms with van der Waals surface area (Å²) in [6.45, 7) is 5.17. The van der Waals surface area contributed by atoms with Crippen molar-refractivity contribution in [2.75, 3.05) is 13.6 Å². The van der Waals surface area contributed by atoms with E-state index in [-0.39, 0.29) is 0 Å². The van der Waals surface area contributed by atoms with Gasteiger partial charge in [-0.2, -0.15) is 5.10 Å². The summed E-state index contributed by atoms with van der Waals surface area (Å²) in [5.74, 6) is 2.40. The molecule has 0 aliphatic rings. The third-order valence-electron chi connectivity index (χ3n) is 1.98. The highest BCUT2D eigenvalue weighted by Gasteiger charge is 2.08. The summed E-state index contributed by atoms with van der Waals surface area (Å²) in [7, 11) is 3.89. The van der Waals surface area contributed by atoms with E-state index in [0.29, 0.717) is 5.92 Å². The van der Waals surface area contributed by atoms with Crippen molar-refractivity contribution in [2.24, 2.45) is 7.05 Å².